The van der Waals surface area contributed by atoms with E-state index in [-0.39, 0.29) is 11.7 Å². The van der Waals surface area contributed by atoms with Crippen LogP contribution in [0.1, 0.15) is 26.5 Å². The van der Waals surface area contributed by atoms with Crippen molar-refractivity contribution in [3.63, 3.8) is 0 Å². The van der Waals surface area contributed by atoms with Gasteiger partial charge in [-0.15, -0.1) is 0 Å². The minimum Gasteiger partial charge on any atom is -0.368 e. The van der Waals surface area contributed by atoms with Crippen molar-refractivity contribution in [3.05, 3.63) is 35.8 Å². The Morgan fingerprint density at radius 1 is 1.20 bits per heavy atom. The Hall–Kier alpha value is -3.66. The highest BCUT2D eigenvalue weighted by Gasteiger charge is 2.23. The molecule has 2 atom stereocenters. The van der Waals surface area contributed by atoms with Crippen molar-refractivity contribution < 1.29 is 9.18 Å². The number of fused-ring (bicyclic) bond motifs is 2. The lowest BCUT2D eigenvalue weighted by molar-refractivity contribution is -0.116. The van der Waals surface area contributed by atoms with E-state index in [1.54, 1.807) is 22.7 Å². The number of benzene rings is 2. The lowest BCUT2D eigenvalue weighted by Gasteiger charge is -2.37. The van der Waals surface area contributed by atoms with Crippen molar-refractivity contribution in [2.24, 2.45) is 7.05 Å². The van der Waals surface area contributed by atoms with Crippen LogP contribution in [0.2, 0.25) is 0 Å². The Kier molecular flexibility index (Phi) is 5.63. The molecule has 2 aromatic carbocycles. The molecule has 184 valence electrons. The van der Waals surface area contributed by atoms with E-state index in [4.69, 9.17) is 0 Å². The van der Waals surface area contributed by atoms with Crippen LogP contribution in [0.4, 0.5) is 27.3 Å². The quantitative estimate of drug-likeness (QED) is 0.413. The summed E-state index contributed by atoms with van der Waals surface area (Å²) in [6.45, 7) is 9.37. The van der Waals surface area contributed by atoms with Crippen molar-refractivity contribution in [1.29, 1.82) is 0 Å². The van der Waals surface area contributed by atoms with Crippen LogP contribution in [0.15, 0.2) is 24.3 Å². The number of carbonyl (C=O) groups excluding carboxylic acids is 1. The summed E-state index contributed by atoms with van der Waals surface area (Å²) in [4.78, 5) is 15.9. The van der Waals surface area contributed by atoms with Crippen LogP contribution in [0.3, 0.4) is 0 Å². The molecule has 35 heavy (non-hydrogen) atoms. The lowest BCUT2D eigenvalue weighted by atomic mass is 10.1. The van der Waals surface area contributed by atoms with Crippen molar-refractivity contribution in [3.8, 4) is 0 Å². The Morgan fingerprint density at radius 2 is 1.91 bits per heavy atom. The molecular weight excluding hydrogens is 447 g/mol. The zero-order valence-electron chi connectivity index (χ0n) is 20.9. The third-order valence-corrected chi connectivity index (χ3v) is 6.83. The molecule has 4 aromatic rings. The monoisotopic (exact) mass is 478 g/mol. The summed E-state index contributed by atoms with van der Waals surface area (Å²) in [6, 6.07) is 7.97. The average Bonchev–Trinajstić information content (AvgIpc) is 3.33. The number of hydrogen-bond acceptors (Lipinski definition) is 6. The fourth-order valence-corrected chi connectivity index (χ4v) is 4.94. The number of H-pyrrole nitrogens is 1. The number of rotatable bonds is 4. The van der Waals surface area contributed by atoms with Crippen molar-refractivity contribution >= 4 is 50.6 Å². The fourth-order valence-electron chi connectivity index (χ4n) is 4.94. The number of anilines is 4. The van der Waals surface area contributed by atoms with E-state index >= 15 is 4.39 Å². The second-order valence-electron chi connectivity index (χ2n) is 9.60. The number of carbonyl (C=O) groups is 1. The highest BCUT2D eigenvalue weighted by molar-refractivity contribution is 6.04. The first-order valence-corrected chi connectivity index (χ1v) is 11.8. The first-order chi connectivity index (χ1) is 16.6. The van der Waals surface area contributed by atoms with Gasteiger partial charge in [0.15, 0.2) is 5.82 Å². The number of aryl methyl sites for hydroxylation is 2. The van der Waals surface area contributed by atoms with Gasteiger partial charge in [0.05, 0.1) is 16.6 Å². The van der Waals surface area contributed by atoms with Gasteiger partial charge in [-0.05, 0) is 45.0 Å². The number of hydrogen-bond donors (Lipinski definition) is 3. The van der Waals surface area contributed by atoms with Crippen molar-refractivity contribution in [2.75, 3.05) is 35.3 Å². The number of piperazine rings is 1. The minimum atomic E-state index is -0.340. The Bertz CT molecular complexity index is 1430. The molecule has 1 aliphatic rings. The summed E-state index contributed by atoms with van der Waals surface area (Å²) in [5, 5.41) is 20.0. The maximum absolute atomic E-state index is 15.4. The molecule has 9 nitrogen and oxygen atoms in total. The molecule has 0 aliphatic carbocycles. The highest BCUT2D eigenvalue weighted by Crippen LogP contribution is 2.35. The van der Waals surface area contributed by atoms with Gasteiger partial charge in [0.25, 0.3) is 0 Å². The van der Waals surface area contributed by atoms with Crippen molar-refractivity contribution in [1.82, 2.24) is 25.3 Å². The molecule has 0 bridgehead atoms. The number of amides is 1. The highest BCUT2D eigenvalue weighted by atomic mass is 19.1. The van der Waals surface area contributed by atoms with E-state index in [2.05, 4.69) is 44.7 Å². The summed E-state index contributed by atoms with van der Waals surface area (Å²) < 4.78 is 17.2. The summed E-state index contributed by atoms with van der Waals surface area (Å²) >= 11 is 0. The van der Waals surface area contributed by atoms with Gasteiger partial charge in [-0.2, -0.15) is 10.2 Å². The van der Waals surface area contributed by atoms with E-state index in [0.29, 0.717) is 40.2 Å². The molecule has 0 spiro atoms. The summed E-state index contributed by atoms with van der Waals surface area (Å²) in [6.07, 6.45) is 0. The summed E-state index contributed by atoms with van der Waals surface area (Å²) in [5.41, 5.74) is 4.52. The molecule has 0 unspecified atom stereocenters. The van der Waals surface area contributed by atoms with E-state index in [0.717, 1.165) is 35.4 Å². The molecule has 1 amide bonds. The van der Waals surface area contributed by atoms with E-state index in [9.17, 15) is 4.79 Å². The molecular formula is C25H31FN8O. The minimum absolute atomic E-state index is 0.105. The molecule has 0 radical (unpaired) electrons. The maximum atomic E-state index is 15.4. The van der Waals surface area contributed by atoms with Crippen LogP contribution in [-0.2, 0) is 11.8 Å². The molecule has 1 aliphatic heterocycles. The predicted molar refractivity (Wildman–Crippen MR) is 138 cm³/mol. The van der Waals surface area contributed by atoms with Crippen molar-refractivity contribution in [2.45, 2.75) is 39.8 Å². The molecule has 10 heteroatoms. The molecule has 1 fully saturated rings. The van der Waals surface area contributed by atoms with Gasteiger partial charge in [-0.25, -0.2) is 4.39 Å². The zero-order chi connectivity index (χ0) is 25.0. The van der Waals surface area contributed by atoms with Crippen LogP contribution >= 0.6 is 0 Å². The molecule has 5 rings (SSSR count). The van der Waals surface area contributed by atoms with E-state index in [1.165, 1.54) is 6.92 Å². The number of nitrogens with zero attached hydrogens (tertiary/aromatic N) is 5. The topological polar surface area (TPSA) is 94.1 Å². The largest absolute Gasteiger partial charge is 0.368 e. The van der Waals surface area contributed by atoms with Gasteiger partial charge < -0.3 is 20.4 Å². The van der Waals surface area contributed by atoms with Crippen LogP contribution in [0, 0.1) is 12.7 Å². The maximum Gasteiger partial charge on any atom is 0.223 e. The molecule has 0 saturated carbocycles. The standard InChI is InChI=1S/C25H31FN8O/c1-13-11-34(12-14(2)27-13)18-9-20(26)23-21(10-18)29-30-25(23)28-17-7-19-15(3)33(6)31-24(19)22(8-17)32(5)16(4)35/h7-10,13-14,27H,11-12H2,1-6H3,(H2,28,29,30)/t13-,14-/m1/s1. The Morgan fingerprint density at radius 3 is 2.60 bits per heavy atom. The zero-order valence-corrected chi connectivity index (χ0v) is 20.9. The number of aromatic amines is 1. The smallest absolute Gasteiger partial charge is 0.223 e. The third kappa shape index (κ3) is 4.07. The lowest BCUT2D eigenvalue weighted by Crippen LogP contribution is -2.54. The SMILES string of the molecule is CC(=O)N(C)c1cc(Nc2n[nH]c3cc(N4C[C@@H](C)N[C@H](C)C4)cc(F)c23)cc2c(C)n(C)nc12. The van der Waals surface area contributed by atoms with Crippen LogP contribution in [-0.4, -0.2) is 58.1 Å². The predicted octanol–water partition coefficient (Wildman–Crippen LogP) is 3.81. The molecule has 3 N–H and O–H groups in total. The average molecular weight is 479 g/mol. The fraction of sp³-hybridized carbons (Fsp3) is 0.400. The van der Waals surface area contributed by atoms with Crippen LogP contribution in [0.5, 0.6) is 0 Å². The van der Waals surface area contributed by atoms with Crippen LogP contribution < -0.4 is 20.4 Å². The van der Waals surface area contributed by atoms with Crippen LogP contribution in [0.25, 0.3) is 21.8 Å². The first kappa shape index (κ1) is 23.1. The molecule has 1 saturated heterocycles. The van der Waals surface area contributed by atoms with E-state index in [1.807, 2.05) is 32.2 Å². The van der Waals surface area contributed by atoms with Gasteiger partial charge in [0.2, 0.25) is 5.91 Å². The number of nitrogens with one attached hydrogen (secondary N) is 3. The normalized spacial score (nSPS) is 18.4. The van der Waals surface area contributed by atoms with Gasteiger partial charge >= 0.3 is 0 Å². The number of aromatic nitrogens is 4. The second kappa shape index (κ2) is 8.53. The molecule has 3 heterocycles. The van der Waals surface area contributed by atoms with Gasteiger partial charge in [0.1, 0.15) is 11.3 Å². The Labute approximate surface area is 203 Å². The summed E-state index contributed by atoms with van der Waals surface area (Å²) in [5.74, 6) is -0.0529. The van der Waals surface area contributed by atoms with Gasteiger partial charge in [-0.3, -0.25) is 14.6 Å². The first-order valence-electron chi connectivity index (χ1n) is 11.8. The van der Waals surface area contributed by atoms with E-state index < -0.39 is 0 Å². The second-order valence-corrected chi connectivity index (χ2v) is 9.60. The third-order valence-electron chi connectivity index (χ3n) is 6.83. The Balaban J connectivity index is 1.54. The number of halogens is 1. The van der Waals surface area contributed by atoms with Gasteiger partial charge in [0, 0.05) is 68.6 Å². The van der Waals surface area contributed by atoms with Gasteiger partial charge in [-0.1, -0.05) is 0 Å². The summed E-state index contributed by atoms with van der Waals surface area (Å²) in [7, 11) is 3.59. The molecule has 2 aromatic heterocycles.